The molecule has 1 N–H and O–H groups in total. The summed E-state index contributed by atoms with van der Waals surface area (Å²) in [5.74, 6) is 0.602. The summed E-state index contributed by atoms with van der Waals surface area (Å²) in [7, 11) is 0. The molecule has 0 saturated carbocycles. The number of hydrogen-bond donors (Lipinski definition) is 1. The minimum absolute atomic E-state index is 0.0275. The molecule has 0 aliphatic heterocycles. The molecule has 2 rings (SSSR count). The molecule has 0 bridgehead atoms. The lowest BCUT2D eigenvalue weighted by atomic mass is 10.0. The van der Waals surface area contributed by atoms with Crippen LogP contribution in [0.2, 0.25) is 0 Å². The molecule has 18 heavy (non-hydrogen) atoms. The molecule has 2 aromatic rings. The van der Waals surface area contributed by atoms with Gasteiger partial charge in [0.2, 0.25) is 0 Å². The number of hydrogen-bond acceptors (Lipinski definition) is 3. The second-order valence-electron chi connectivity index (χ2n) is 3.77. The molecule has 0 aliphatic carbocycles. The highest BCUT2D eigenvalue weighted by Crippen LogP contribution is 2.19. The molecule has 1 aromatic carbocycles. The summed E-state index contributed by atoms with van der Waals surface area (Å²) in [6.07, 6.45) is 1.68. The highest BCUT2D eigenvalue weighted by molar-refractivity contribution is 9.10. The van der Waals surface area contributed by atoms with E-state index in [4.69, 9.17) is 0 Å². The van der Waals surface area contributed by atoms with Gasteiger partial charge >= 0.3 is 0 Å². The molecule has 1 aromatic heterocycles. The van der Waals surface area contributed by atoms with Crippen LogP contribution in [-0.4, -0.2) is 17.3 Å². The maximum atomic E-state index is 12.4. The third-order valence-corrected chi connectivity index (χ3v) is 2.98. The van der Waals surface area contributed by atoms with Gasteiger partial charge in [0.05, 0.1) is 5.56 Å². The number of benzene rings is 1. The summed E-state index contributed by atoms with van der Waals surface area (Å²) in [6.45, 7) is 2.71. The summed E-state index contributed by atoms with van der Waals surface area (Å²) < 4.78 is 0.891. The van der Waals surface area contributed by atoms with Crippen molar-refractivity contribution in [3.8, 4) is 0 Å². The standard InChI is InChI=1S/C14H13BrN2O/c1-2-16-14-12(7-4-8-17-14)13(18)10-5-3-6-11(15)9-10/h3-9H,2H2,1H3,(H,16,17). The number of ketones is 1. The van der Waals surface area contributed by atoms with E-state index in [1.165, 1.54) is 0 Å². The lowest BCUT2D eigenvalue weighted by molar-refractivity contribution is 0.103. The fourth-order valence-corrected chi connectivity index (χ4v) is 2.08. The van der Waals surface area contributed by atoms with Crippen molar-refractivity contribution in [2.24, 2.45) is 0 Å². The van der Waals surface area contributed by atoms with Crippen molar-refractivity contribution in [2.75, 3.05) is 11.9 Å². The van der Waals surface area contributed by atoms with E-state index in [-0.39, 0.29) is 5.78 Å². The van der Waals surface area contributed by atoms with Gasteiger partial charge in [-0.25, -0.2) is 4.98 Å². The average molecular weight is 305 g/mol. The molecular formula is C14H13BrN2O. The van der Waals surface area contributed by atoms with Gasteiger partial charge in [-0.3, -0.25) is 4.79 Å². The number of anilines is 1. The summed E-state index contributed by atoms with van der Waals surface area (Å²) in [4.78, 5) is 16.6. The van der Waals surface area contributed by atoms with Crippen LogP contribution < -0.4 is 5.32 Å². The maximum Gasteiger partial charge on any atom is 0.196 e. The number of halogens is 1. The fraction of sp³-hybridized carbons (Fsp3) is 0.143. The van der Waals surface area contributed by atoms with Gasteiger partial charge in [0.1, 0.15) is 5.82 Å². The van der Waals surface area contributed by atoms with Gasteiger partial charge in [-0.2, -0.15) is 0 Å². The van der Waals surface area contributed by atoms with Gasteiger partial charge in [-0.1, -0.05) is 28.1 Å². The molecule has 3 nitrogen and oxygen atoms in total. The Morgan fingerprint density at radius 2 is 2.17 bits per heavy atom. The first-order valence-corrected chi connectivity index (χ1v) is 6.51. The van der Waals surface area contributed by atoms with E-state index in [0.717, 1.165) is 11.0 Å². The average Bonchev–Trinajstić information content (AvgIpc) is 2.39. The Morgan fingerprint density at radius 3 is 2.89 bits per heavy atom. The van der Waals surface area contributed by atoms with Gasteiger partial charge < -0.3 is 5.32 Å². The Hall–Kier alpha value is -1.68. The summed E-state index contributed by atoms with van der Waals surface area (Å²) in [5, 5.41) is 3.10. The third kappa shape index (κ3) is 2.76. The van der Waals surface area contributed by atoms with Crippen LogP contribution in [0.15, 0.2) is 47.1 Å². The Morgan fingerprint density at radius 1 is 1.33 bits per heavy atom. The normalized spacial score (nSPS) is 10.1. The van der Waals surface area contributed by atoms with E-state index < -0.39 is 0 Å². The quantitative estimate of drug-likeness (QED) is 0.879. The summed E-state index contributed by atoms with van der Waals surface area (Å²) in [6, 6.07) is 10.9. The van der Waals surface area contributed by atoms with Crippen LogP contribution in [0, 0.1) is 0 Å². The predicted octanol–water partition coefficient (Wildman–Crippen LogP) is 3.51. The van der Waals surface area contributed by atoms with E-state index in [0.29, 0.717) is 16.9 Å². The second kappa shape index (κ2) is 5.78. The number of aromatic nitrogens is 1. The first-order chi connectivity index (χ1) is 8.72. The molecule has 4 heteroatoms. The molecule has 0 unspecified atom stereocenters. The lowest BCUT2D eigenvalue weighted by Crippen LogP contribution is -2.09. The largest absolute Gasteiger partial charge is 0.370 e. The van der Waals surface area contributed by atoms with Crippen LogP contribution in [-0.2, 0) is 0 Å². The minimum atomic E-state index is -0.0275. The number of pyridine rings is 1. The van der Waals surface area contributed by atoms with Gasteiger partial charge in [0.25, 0.3) is 0 Å². The second-order valence-corrected chi connectivity index (χ2v) is 4.69. The van der Waals surface area contributed by atoms with Crippen molar-refractivity contribution in [3.05, 3.63) is 58.2 Å². The monoisotopic (exact) mass is 304 g/mol. The molecule has 0 saturated heterocycles. The maximum absolute atomic E-state index is 12.4. The SMILES string of the molecule is CCNc1ncccc1C(=O)c1cccc(Br)c1. The van der Waals surface area contributed by atoms with E-state index in [9.17, 15) is 4.79 Å². The van der Waals surface area contributed by atoms with Crippen LogP contribution in [0.4, 0.5) is 5.82 Å². The van der Waals surface area contributed by atoms with Crippen LogP contribution >= 0.6 is 15.9 Å². The first kappa shape index (κ1) is 12.8. The zero-order valence-electron chi connectivity index (χ0n) is 9.98. The molecule has 0 spiro atoms. The van der Waals surface area contributed by atoms with Crippen molar-refractivity contribution in [1.82, 2.24) is 4.98 Å². The van der Waals surface area contributed by atoms with Crippen LogP contribution in [0.5, 0.6) is 0 Å². The summed E-state index contributed by atoms with van der Waals surface area (Å²) >= 11 is 3.37. The van der Waals surface area contributed by atoms with Gasteiger partial charge in [-0.05, 0) is 31.2 Å². The Labute approximate surface area is 114 Å². The smallest absolute Gasteiger partial charge is 0.196 e. The van der Waals surface area contributed by atoms with Crippen molar-refractivity contribution < 1.29 is 4.79 Å². The van der Waals surface area contributed by atoms with E-state index in [1.54, 1.807) is 24.4 Å². The molecule has 0 fully saturated rings. The number of nitrogens with zero attached hydrogens (tertiary/aromatic N) is 1. The Bertz CT molecular complexity index is 569. The topological polar surface area (TPSA) is 42.0 Å². The number of nitrogens with one attached hydrogen (secondary N) is 1. The molecule has 1 heterocycles. The number of carbonyl (C=O) groups excluding carboxylic acids is 1. The third-order valence-electron chi connectivity index (χ3n) is 2.48. The molecule has 0 aliphatic rings. The molecule has 0 radical (unpaired) electrons. The molecule has 0 amide bonds. The van der Waals surface area contributed by atoms with E-state index >= 15 is 0 Å². The van der Waals surface area contributed by atoms with Crippen molar-refractivity contribution >= 4 is 27.5 Å². The van der Waals surface area contributed by atoms with Gasteiger partial charge in [0, 0.05) is 22.8 Å². The van der Waals surface area contributed by atoms with Crippen LogP contribution in [0.25, 0.3) is 0 Å². The van der Waals surface area contributed by atoms with Crippen LogP contribution in [0.1, 0.15) is 22.8 Å². The van der Waals surface area contributed by atoms with Crippen molar-refractivity contribution in [2.45, 2.75) is 6.92 Å². The fourth-order valence-electron chi connectivity index (χ4n) is 1.68. The predicted molar refractivity (Wildman–Crippen MR) is 76.0 cm³/mol. The van der Waals surface area contributed by atoms with Gasteiger partial charge in [0.15, 0.2) is 5.78 Å². The van der Waals surface area contributed by atoms with Gasteiger partial charge in [-0.15, -0.1) is 0 Å². The lowest BCUT2D eigenvalue weighted by Gasteiger charge is -2.08. The Kier molecular flexibility index (Phi) is 4.10. The van der Waals surface area contributed by atoms with E-state index in [1.807, 2.05) is 25.1 Å². The van der Waals surface area contributed by atoms with Crippen molar-refractivity contribution in [1.29, 1.82) is 0 Å². The zero-order chi connectivity index (χ0) is 13.0. The zero-order valence-corrected chi connectivity index (χ0v) is 11.6. The summed E-state index contributed by atoms with van der Waals surface area (Å²) in [5.41, 5.74) is 1.24. The molecular weight excluding hydrogens is 292 g/mol. The molecule has 0 atom stereocenters. The van der Waals surface area contributed by atoms with E-state index in [2.05, 4.69) is 26.2 Å². The highest BCUT2D eigenvalue weighted by atomic mass is 79.9. The molecule has 92 valence electrons. The van der Waals surface area contributed by atoms with Crippen LogP contribution in [0.3, 0.4) is 0 Å². The number of carbonyl (C=O) groups is 1. The minimum Gasteiger partial charge on any atom is -0.370 e. The number of rotatable bonds is 4. The Balaban J connectivity index is 2.40. The highest BCUT2D eigenvalue weighted by Gasteiger charge is 2.13. The first-order valence-electron chi connectivity index (χ1n) is 5.71. The van der Waals surface area contributed by atoms with Crippen molar-refractivity contribution in [3.63, 3.8) is 0 Å².